The molecule has 1 aliphatic rings. The van der Waals surface area contributed by atoms with Gasteiger partial charge in [-0.2, -0.15) is 0 Å². The van der Waals surface area contributed by atoms with Gasteiger partial charge in [0.25, 0.3) is 0 Å². The van der Waals surface area contributed by atoms with Gasteiger partial charge in [-0.1, -0.05) is 0 Å². The van der Waals surface area contributed by atoms with Crippen molar-refractivity contribution in [3.05, 3.63) is 10.6 Å². The molecule has 0 aromatic heterocycles. The van der Waals surface area contributed by atoms with E-state index < -0.39 is 0 Å². The number of nitrogens with one attached hydrogen (secondary N) is 1. The second-order valence-corrected chi connectivity index (χ2v) is 4.40. The second kappa shape index (κ2) is 7.21. The number of carbonyl (C=O) groups is 2. The van der Waals surface area contributed by atoms with Gasteiger partial charge in [-0.3, -0.25) is 9.59 Å². The Bertz CT molecular complexity index is 297. The van der Waals surface area contributed by atoms with Crippen molar-refractivity contribution in [1.82, 2.24) is 5.32 Å². The van der Waals surface area contributed by atoms with Gasteiger partial charge in [0, 0.05) is 10.6 Å². The van der Waals surface area contributed by atoms with Crippen molar-refractivity contribution in [3.8, 4) is 0 Å². The molecule has 0 aromatic rings. The number of thioether (sulfide) groups is 1. The lowest BCUT2D eigenvalue weighted by Crippen LogP contribution is -2.14. The summed E-state index contributed by atoms with van der Waals surface area (Å²) in [5.41, 5.74) is 0.779. The minimum Gasteiger partial charge on any atom is -0.466 e. The zero-order chi connectivity index (χ0) is 12.7. The third kappa shape index (κ3) is 4.68. The Kier molecular flexibility index (Phi) is 5.90. The third-order valence-electron chi connectivity index (χ3n) is 2.11. The first-order valence-corrected chi connectivity index (χ1v) is 6.55. The monoisotopic (exact) mass is 259 g/mol. The summed E-state index contributed by atoms with van der Waals surface area (Å²) in [4.78, 5) is 23.5. The highest BCUT2D eigenvalue weighted by molar-refractivity contribution is 8.03. The summed E-state index contributed by atoms with van der Waals surface area (Å²) < 4.78 is 9.74. The van der Waals surface area contributed by atoms with Crippen molar-refractivity contribution in [2.45, 2.75) is 26.7 Å². The average Bonchev–Trinajstić information content (AvgIpc) is 2.66. The predicted octanol–water partition coefficient (Wildman–Crippen LogP) is 1.40. The van der Waals surface area contributed by atoms with Gasteiger partial charge in [-0.15, -0.1) is 11.8 Å². The molecule has 1 rings (SSSR count). The molecule has 0 saturated heterocycles. The average molecular weight is 259 g/mol. The van der Waals surface area contributed by atoms with Gasteiger partial charge in [0.05, 0.1) is 31.9 Å². The topological polar surface area (TPSA) is 64.6 Å². The molecule has 1 N–H and O–H groups in total. The van der Waals surface area contributed by atoms with Crippen molar-refractivity contribution in [1.29, 1.82) is 0 Å². The number of esters is 2. The van der Waals surface area contributed by atoms with E-state index in [-0.39, 0.29) is 24.8 Å². The van der Waals surface area contributed by atoms with Gasteiger partial charge in [-0.25, -0.2) is 0 Å². The van der Waals surface area contributed by atoms with Crippen LogP contribution in [0, 0.1) is 0 Å². The molecule has 0 radical (unpaired) electrons. The highest BCUT2D eigenvalue weighted by Crippen LogP contribution is 2.29. The summed E-state index contributed by atoms with van der Waals surface area (Å²) in [6, 6.07) is 0. The molecule has 0 spiro atoms. The van der Waals surface area contributed by atoms with Crippen LogP contribution < -0.4 is 5.32 Å². The zero-order valence-electron chi connectivity index (χ0n) is 10.1. The van der Waals surface area contributed by atoms with Crippen LogP contribution in [-0.4, -0.2) is 31.0 Å². The Morgan fingerprint density at radius 2 is 1.76 bits per heavy atom. The number of hydrogen-bond donors (Lipinski definition) is 1. The number of carbonyl (C=O) groups excluding carboxylic acids is 2. The van der Waals surface area contributed by atoms with Gasteiger partial charge in [0.15, 0.2) is 0 Å². The first-order chi connectivity index (χ1) is 8.17. The Morgan fingerprint density at radius 3 is 2.35 bits per heavy atom. The van der Waals surface area contributed by atoms with Gasteiger partial charge >= 0.3 is 11.9 Å². The highest BCUT2D eigenvalue weighted by atomic mass is 32.2. The third-order valence-corrected chi connectivity index (χ3v) is 3.13. The molecule has 0 aromatic carbocycles. The van der Waals surface area contributed by atoms with Crippen molar-refractivity contribution < 1.29 is 19.1 Å². The Morgan fingerprint density at radius 1 is 1.18 bits per heavy atom. The van der Waals surface area contributed by atoms with Crippen LogP contribution in [0.25, 0.3) is 0 Å². The van der Waals surface area contributed by atoms with Crippen LogP contribution in [0.2, 0.25) is 0 Å². The maximum atomic E-state index is 11.3. The fourth-order valence-electron chi connectivity index (χ4n) is 1.41. The molecule has 0 saturated carbocycles. The van der Waals surface area contributed by atoms with Crippen molar-refractivity contribution in [2.24, 2.45) is 0 Å². The van der Waals surface area contributed by atoms with E-state index in [1.165, 1.54) is 11.8 Å². The maximum Gasteiger partial charge on any atom is 0.311 e. The summed E-state index contributed by atoms with van der Waals surface area (Å²) in [6.45, 7) is 4.28. The van der Waals surface area contributed by atoms with Crippen LogP contribution >= 0.6 is 11.8 Å². The van der Waals surface area contributed by atoms with E-state index in [0.29, 0.717) is 19.1 Å². The predicted molar refractivity (Wildman–Crippen MR) is 65.1 cm³/mol. The SMILES string of the molecule is CCOC(=O)CC1=C(CC(=O)OCC)SCN1. The molecule has 0 unspecified atom stereocenters. The normalized spacial score (nSPS) is 14.5. The fraction of sp³-hybridized carbons (Fsp3) is 0.636. The summed E-state index contributed by atoms with van der Waals surface area (Å²) >= 11 is 1.52. The standard InChI is InChI=1S/C11H17NO4S/c1-3-15-10(13)5-8-9(17-7-12-8)6-11(14)16-4-2/h12H,3-7H2,1-2H3. The van der Waals surface area contributed by atoms with Crippen molar-refractivity contribution in [3.63, 3.8) is 0 Å². The second-order valence-electron chi connectivity index (χ2n) is 3.33. The van der Waals surface area contributed by atoms with Crippen LogP contribution in [0.1, 0.15) is 26.7 Å². The van der Waals surface area contributed by atoms with E-state index in [9.17, 15) is 9.59 Å². The number of ether oxygens (including phenoxy) is 2. The lowest BCUT2D eigenvalue weighted by atomic mass is 10.2. The molecule has 0 fully saturated rings. The van der Waals surface area contributed by atoms with E-state index in [2.05, 4.69) is 5.32 Å². The molecule has 0 amide bonds. The Balaban J connectivity index is 2.54. The van der Waals surface area contributed by atoms with Crippen LogP contribution in [0.3, 0.4) is 0 Å². The Hall–Kier alpha value is -1.17. The molecule has 17 heavy (non-hydrogen) atoms. The van der Waals surface area contributed by atoms with Crippen LogP contribution in [0.15, 0.2) is 10.6 Å². The molecule has 96 valence electrons. The van der Waals surface area contributed by atoms with Crippen molar-refractivity contribution >= 4 is 23.7 Å². The molecule has 0 aliphatic carbocycles. The molecular weight excluding hydrogens is 242 g/mol. The number of rotatable bonds is 6. The lowest BCUT2D eigenvalue weighted by molar-refractivity contribution is -0.143. The Labute approximate surface area is 105 Å². The minimum atomic E-state index is -0.279. The molecule has 5 nitrogen and oxygen atoms in total. The first-order valence-electron chi connectivity index (χ1n) is 5.57. The molecule has 1 heterocycles. The maximum absolute atomic E-state index is 11.3. The fourth-order valence-corrected chi connectivity index (χ4v) is 2.37. The van der Waals surface area contributed by atoms with E-state index in [4.69, 9.17) is 9.47 Å². The van der Waals surface area contributed by atoms with E-state index in [1.54, 1.807) is 13.8 Å². The van der Waals surface area contributed by atoms with Crippen molar-refractivity contribution in [2.75, 3.05) is 19.1 Å². The molecule has 0 atom stereocenters. The van der Waals surface area contributed by atoms with Crippen LogP contribution in [0.5, 0.6) is 0 Å². The summed E-state index contributed by atoms with van der Waals surface area (Å²) in [5.74, 6) is 0.141. The lowest BCUT2D eigenvalue weighted by Gasteiger charge is -2.06. The first kappa shape index (κ1) is 13.9. The van der Waals surface area contributed by atoms with Gasteiger partial charge in [0.1, 0.15) is 0 Å². The van der Waals surface area contributed by atoms with E-state index in [0.717, 1.165) is 10.6 Å². The quantitative estimate of drug-likeness (QED) is 0.727. The zero-order valence-corrected chi connectivity index (χ0v) is 10.9. The van der Waals surface area contributed by atoms with Gasteiger partial charge in [0.2, 0.25) is 0 Å². The van der Waals surface area contributed by atoms with Gasteiger partial charge < -0.3 is 14.8 Å². The molecule has 0 bridgehead atoms. The minimum absolute atomic E-state index is 0.190. The van der Waals surface area contributed by atoms with Crippen LogP contribution in [0.4, 0.5) is 0 Å². The van der Waals surface area contributed by atoms with Gasteiger partial charge in [-0.05, 0) is 13.8 Å². The summed E-state index contributed by atoms with van der Waals surface area (Å²) in [6.07, 6.45) is 0.413. The van der Waals surface area contributed by atoms with E-state index in [1.807, 2.05) is 0 Å². The summed E-state index contributed by atoms with van der Waals surface area (Å²) in [5, 5.41) is 3.08. The van der Waals surface area contributed by atoms with Crippen LogP contribution in [-0.2, 0) is 19.1 Å². The van der Waals surface area contributed by atoms with E-state index >= 15 is 0 Å². The molecule has 6 heteroatoms. The molecule has 1 aliphatic heterocycles. The smallest absolute Gasteiger partial charge is 0.311 e. The number of hydrogen-bond acceptors (Lipinski definition) is 6. The molecular formula is C11H17NO4S. The summed E-state index contributed by atoms with van der Waals surface area (Å²) in [7, 11) is 0. The largest absolute Gasteiger partial charge is 0.466 e. The highest BCUT2D eigenvalue weighted by Gasteiger charge is 2.20.